The Morgan fingerprint density at radius 3 is 1.30 bits per heavy atom. The number of rotatable bonds is 7. The summed E-state index contributed by atoms with van der Waals surface area (Å²) in [7, 11) is 0. The molecule has 0 spiro atoms. The van der Waals surface area contributed by atoms with E-state index >= 15 is 0 Å². The average molecular weight is 906 g/mol. The van der Waals surface area contributed by atoms with E-state index in [1.807, 2.05) is 36.4 Å². The zero-order valence-electron chi connectivity index (χ0n) is 38.7. The molecular weight excluding hydrogens is 863 g/mol. The summed E-state index contributed by atoms with van der Waals surface area (Å²) in [5.41, 5.74) is 16.4. The minimum Gasteiger partial charge on any atom is -0.456 e. The van der Waals surface area contributed by atoms with Crippen LogP contribution in [0.1, 0.15) is 17.5 Å². The van der Waals surface area contributed by atoms with Gasteiger partial charge in [-0.2, -0.15) is 0 Å². The molecule has 71 heavy (non-hydrogen) atoms. The Kier molecular flexibility index (Phi) is 9.63. The zero-order valence-corrected chi connectivity index (χ0v) is 38.7. The summed E-state index contributed by atoms with van der Waals surface area (Å²) in [5.74, 6) is 1.98. The van der Waals surface area contributed by atoms with Crippen molar-refractivity contribution in [1.29, 1.82) is 0 Å². The topological polar surface area (TPSA) is 51.8 Å². The van der Waals surface area contributed by atoms with Crippen molar-refractivity contribution in [2.75, 3.05) is 0 Å². The fourth-order valence-electron chi connectivity index (χ4n) is 10.9. The molecule has 4 nitrogen and oxygen atoms in total. The van der Waals surface area contributed by atoms with E-state index in [1.165, 1.54) is 65.7 Å². The van der Waals surface area contributed by atoms with Gasteiger partial charge < -0.3 is 4.42 Å². The molecule has 0 atom stereocenters. The largest absolute Gasteiger partial charge is 0.456 e. The predicted molar refractivity (Wildman–Crippen MR) is 295 cm³/mol. The highest BCUT2D eigenvalue weighted by Crippen LogP contribution is 2.42. The molecule has 0 N–H and O–H groups in total. The van der Waals surface area contributed by atoms with E-state index in [9.17, 15) is 0 Å². The Morgan fingerprint density at radius 1 is 0.296 bits per heavy atom. The quantitative estimate of drug-likeness (QED) is 0.150. The van der Waals surface area contributed by atoms with Gasteiger partial charge in [-0.15, -0.1) is 0 Å². The molecule has 11 aromatic carbocycles. The van der Waals surface area contributed by atoms with Crippen molar-refractivity contribution >= 4 is 60.3 Å². The van der Waals surface area contributed by atoms with Crippen LogP contribution in [0, 0.1) is 0 Å². The molecule has 0 fully saturated rings. The summed E-state index contributed by atoms with van der Waals surface area (Å²) in [5, 5.41) is 9.92. The van der Waals surface area contributed by atoms with Crippen molar-refractivity contribution in [3.63, 3.8) is 0 Å². The van der Waals surface area contributed by atoms with Crippen LogP contribution in [0.15, 0.2) is 235 Å². The van der Waals surface area contributed by atoms with Crippen LogP contribution in [0.4, 0.5) is 0 Å². The van der Waals surface area contributed by atoms with Crippen LogP contribution in [0.25, 0.3) is 139 Å². The highest BCUT2D eigenvalue weighted by atomic mass is 16.3. The van der Waals surface area contributed by atoms with Crippen molar-refractivity contribution in [2.45, 2.75) is 12.8 Å². The summed E-state index contributed by atoms with van der Waals surface area (Å²) >= 11 is 0. The van der Waals surface area contributed by atoms with Gasteiger partial charge in [0.15, 0.2) is 17.5 Å². The highest BCUT2D eigenvalue weighted by Gasteiger charge is 2.21. The van der Waals surface area contributed by atoms with Crippen molar-refractivity contribution < 1.29 is 4.42 Å². The molecule has 0 radical (unpaired) electrons. The van der Waals surface area contributed by atoms with Gasteiger partial charge in [0.25, 0.3) is 0 Å². The molecule has 4 heteroatoms. The lowest BCUT2D eigenvalue weighted by atomic mass is 9.86. The second-order valence-corrected chi connectivity index (χ2v) is 18.6. The maximum Gasteiger partial charge on any atom is 0.164 e. The molecule has 0 aliphatic heterocycles. The van der Waals surface area contributed by atoms with Crippen LogP contribution in [-0.4, -0.2) is 15.0 Å². The van der Waals surface area contributed by atoms with E-state index in [0.717, 1.165) is 73.7 Å². The van der Waals surface area contributed by atoms with Crippen LogP contribution < -0.4 is 0 Å². The third-order valence-corrected chi connectivity index (χ3v) is 14.4. The van der Waals surface area contributed by atoms with Crippen LogP contribution in [-0.2, 0) is 6.42 Å². The molecule has 0 amide bonds. The molecule has 1 aliphatic rings. The average Bonchev–Trinajstić information content (AvgIpc) is 3.82. The first-order chi connectivity index (χ1) is 35.2. The molecule has 1 aliphatic carbocycles. The Hall–Kier alpha value is -9.25. The number of nitrogens with zero attached hydrogens (tertiary/aromatic N) is 3. The number of aromatic nitrogens is 3. The lowest BCUT2D eigenvalue weighted by molar-refractivity contribution is 0.669. The molecule has 13 aromatic rings. The summed E-state index contributed by atoms with van der Waals surface area (Å²) in [6, 6.07) is 80.3. The summed E-state index contributed by atoms with van der Waals surface area (Å²) in [4.78, 5) is 15.1. The van der Waals surface area contributed by atoms with Crippen LogP contribution in [0.5, 0.6) is 0 Å². The van der Waals surface area contributed by atoms with Gasteiger partial charge >= 0.3 is 0 Å². The van der Waals surface area contributed by atoms with E-state index in [4.69, 9.17) is 19.4 Å². The van der Waals surface area contributed by atoms with Gasteiger partial charge in [-0.3, -0.25) is 0 Å². The second kappa shape index (κ2) is 16.8. The van der Waals surface area contributed by atoms with Gasteiger partial charge in [-0.05, 0) is 149 Å². The second-order valence-electron chi connectivity index (χ2n) is 18.6. The third-order valence-electron chi connectivity index (χ3n) is 14.4. The fraction of sp³-hybridized carbons (Fsp3) is 0.0299. The van der Waals surface area contributed by atoms with E-state index in [2.05, 4.69) is 200 Å². The maximum atomic E-state index is 6.74. The lowest BCUT2D eigenvalue weighted by Crippen LogP contribution is -2.04. The standard InChI is InChI=1S/C67H43N3O/c1-3-15-42(16-4-1)65-68-66(43-17-5-2-6-18-43)70-67(69-65)61-36-35-51(52-23-7-11-27-56(52)61)50-31-34-60-59-33-30-49(40-63(59)71-64(60)41-50)47-22-14-20-45(38-47)44-19-13-21-46(37-44)48-29-32-58-55-26-9-8-24-53(55)54-25-10-12-28-57(54)62(58)39-48/h1-6,8-22,24-41H,7,23H2. The number of furan rings is 1. The van der Waals surface area contributed by atoms with Gasteiger partial charge in [0.1, 0.15) is 11.2 Å². The fourth-order valence-corrected chi connectivity index (χ4v) is 10.9. The Labute approximate surface area is 410 Å². The number of hydrogen-bond donors (Lipinski definition) is 0. The van der Waals surface area contributed by atoms with E-state index < -0.39 is 0 Å². The van der Waals surface area contributed by atoms with Gasteiger partial charge in [0, 0.05) is 27.5 Å². The number of benzene rings is 11. The van der Waals surface area contributed by atoms with Gasteiger partial charge in [0.2, 0.25) is 0 Å². The van der Waals surface area contributed by atoms with Crippen LogP contribution in [0.3, 0.4) is 0 Å². The maximum absolute atomic E-state index is 6.74. The SMILES string of the molecule is C1=Cc2c(-c3nc(-c4ccccc4)nc(-c4ccccc4)n3)ccc(-c3ccc4c(c3)oc3cc(-c5cccc(-c6cccc(-c7ccc8c9ccccc9c9ccccc9c8c7)c6)c5)ccc34)c2CC1. The first kappa shape index (κ1) is 40.8. The van der Waals surface area contributed by atoms with Gasteiger partial charge in [-0.1, -0.05) is 188 Å². The minimum atomic E-state index is 0.657. The van der Waals surface area contributed by atoms with Crippen molar-refractivity contribution in [2.24, 2.45) is 0 Å². The minimum absolute atomic E-state index is 0.657. The van der Waals surface area contributed by atoms with Crippen molar-refractivity contribution in [1.82, 2.24) is 15.0 Å². The Bertz CT molecular complexity index is 4190. The summed E-state index contributed by atoms with van der Waals surface area (Å²) in [6.45, 7) is 0. The zero-order chi connectivity index (χ0) is 46.8. The number of hydrogen-bond acceptors (Lipinski definition) is 4. The smallest absolute Gasteiger partial charge is 0.164 e. The van der Waals surface area contributed by atoms with Gasteiger partial charge in [-0.25, -0.2) is 15.0 Å². The highest BCUT2D eigenvalue weighted by molar-refractivity contribution is 6.25. The number of fused-ring (bicyclic) bond motifs is 10. The molecule has 0 saturated carbocycles. The lowest BCUT2D eigenvalue weighted by Gasteiger charge is -2.19. The first-order valence-electron chi connectivity index (χ1n) is 24.4. The van der Waals surface area contributed by atoms with Crippen LogP contribution in [0.2, 0.25) is 0 Å². The summed E-state index contributed by atoms with van der Waals surface area (Å²) < 4.78 is 6.74. The molecule has 14 rings (SSSR count). The Morgan fingerprint density at radius 2 is 0.718 bits per heavy atom. The molecule has 2 heterocycles. The third kappa shape index (κ3) is 7.11. The first-order valence-corrected chi connectivity index (χ1v) is 24.4. The molecule has 0 bridgehead atoms. The monoisotopic (exact) mass is 905 g/mol. The summed E-state index contributed by atoms with van der Waals surface area (Å²) in [6.07, 6.45) is 6.38. The molecule has 0 saturated heterocycles. The molecule has 0 unspecified atom stereocenters. The van der Waals surface area contributed by atoms with Gasteiger partial charge in [0.05, 0.1) is 0 Å². The van der Waals surface area contributed by atoms with E-state index in [-0.39, 0.29) is 0 Å². The molecule has 2 aromatic heterocycles. The Balaban J connectivity index is 0.791. The normalized spacial score (nSPS) is 12.3. The molecular formula is C67H43N3O. The number of allylic oxidation sites excluding steroid dienone is 1. The van der Waals surface area contributed by atoms with Crippen LogP contribution >= 0.6 is 0 Å². The van der Waals surface area contributed by atoms with E-state index in [1.54, 1.807) is 0 Å². The molecule has 332 valence electrons. The van der Waals surface area contributed by atoms with Crippen molar-refractivity contribution in [3.8, 4) is 78.7 Å². The van der Waals surface area contributed by atoms with Crippen molar-refractivity contribution in [3.05, 3.63) is 242 Å². The van der Waals surface area contributed by atoms with E-state index in [0.29, 0.717) is 17.5 Å². The predicted octanol–water partition coefficient (Wildman–Crippen LogP) is 17.9.